The second-order valence-electron chi connectivity index (χ2n) is 6.70. The van der Waals surface area contributed by atoms with E-state index in [1.54, 1.807) is 36.4 Å². The Morgan fingerprint density at radius 1 is 0.938 bits per heavy atom. The van der Waals surface area contributed by atoms with Crippen LogP contribution in [0, 0.1) is 23.7 Å². The smallest absolute Gasteiger partial charge is 0.268 e. The predicted octanol–water partition coefficient (Wildman–Crippen LogP) is 0.446. The van der Waals surface area contributed by atoms with Crippen LogP contribution in [0.4, 0.5) is 5.69 Å². The van der Waals surface area contributed by atoms with E-state index in [1.165, 1.54) is 24.5 Å². The fraction of sp³-hybridized carbons (Fsp3) is 0.182. The van der Waals surface area contributed by atoms with Crippen molar-refractivity contribution in [3.63, 3.8) is 0 Å². The van der Waals surface area contributed by atoms with Gasteiger partial charge in [0.1, 0.15) is 6.04 Å². The van der Waals surface area contributed by atoms with Crippen LogP contribution in [0.5, 0.6) is 0 Å². The van der Waals surface area contributed by atoms with Gasteiger partial charge in [-0.3, -0.25) is 19.5 Å². The normalized spacial score (nSPS) is 12.1. The van der Waals surface area contributed by atoms with E-state index in [9.17, 15) is 23.1 Å². The average molecular weight is 455 g/mol. The zero-order chi connectivity index (χ0) is 23.7. The molecule has 2 atom stereocenters. The summed E-state index contributed by atoms with van der Waals surface area (Å²) in [4.78, 5) is 23.7. The molecule has 2 aromatic rings. The van der Waals surface area contributed by atoms with E-state index < -0.39 is 34.0 Å². The SMILES string of the molecule is CC(O)C(NC(=O)c1ccc(C#CC#Cc2ccc(NS(C)(=O)=O)cc2)cc1)C(=O)NO. The summed E-state index contributed by atoms with van der Waals surface area (Å²) >= 11 is 0. The molecule has 166 valence electrons. The summed E-state index contributed by atoms with van der Waals surface area (Å²) in [6.45, 7) is 1.31. The topological polar surface area (TPSA) is 145 Å². The number of hydrogen-bond acceptors (Lipinski definition) is 6. The Morgan fingerprint density at radius 3 is 1.88 bits per heavy atom. The van der Waals surface area contributed by atoms with Crippen molar-refractivity contribution < 1.29 is 28.3 Å². The number of aliphatic hydroxyl groups excluding tert-OH is 1. The number of rotatable bonds is 6. The van der Waals surface area contributed by atoms with Gasteiger partial charge in [0.25, 0.3) is 11.8 Å². The van der Waals surface area contributed by atoms with Crippen molar-refractivity contribution in [2.45, 2.75) is 19.1 Å². The molecule has 0 saturated heterocycles. The zero-order valence-corrected chi connectivity index (χ0v) is 18.0. The maximum Gasteiger partial charge on any atom is 0.268 e. The van der Waals surface area contributed by atoms with Gasteiger partial charge in [-0.05, 0) is 67.3 Å². The molecule has 2 amide bonds. The standard InChI is InChI=1S/C22H21N3O6S/c1-15(26)20(22(28)24-29)23-21(27)18-11-7-16(8-12-18)5-3-4-6-17-9-13-19(14-10-17)25-32(2,30)31/h7-15,20,25-26,29H,1-2H3,(H,23,27)(H,24,28). The quantitative estimate of drug-likeness (QED) is 0.243. The minimum atomic E-state index is -3.34. The number of sulfonamides is 1. The third kappa shape index (κ3) is 7.78. The molecule has 0 fully saturated rings. The molecule has 32 heavy (non-hydrogen) atoms. The first-order chi connectivity index (χ1) is 15.1. The number of carbonyl (C=O) groups excluding carboxylic acids is 2. The molecule has 2 aromatic carbocycles. The van der Waals surface area contributed by atoms with E-state index in [1.807, 2.05) is 0 Å². The van der Waals surface area contributed by atoms with Crippen molar-refractivity contribution in [1.82, 2.24) is 10.8 Å². The van der Waals surface area contributed by atoms with Gasteiger partial charge in [0.15, 0.2) is 0 Å². The first-order valence-corrected chi connectivity index (χ1v) is 11.1. The predicted molar refractivity (Wildman–Crippen MR) is 118 cm³/mol. The third-order valence-electron chi connectivity index (χ3n) is 3.97. The van der Waals surface area contributed by atoms with Gasteiger partial charge in [-0.2, -0.15) is 0 Å². The summed E-state index contributed by atoms with van der Waals surface area (Å²) < 4.78 is 24.7. The Labute approximate surface area is 185 Å². The minimum Gasteiger partial charge on any atom is -0.391 e. The highest BCUT2D eigenvalue weighted by Crippen LogP contribution is 2.10. The van der Waals surface area contributed by atoms with Crippen molar-refractivity contribution >= 4 is 27.5 Å². The van der Waals surface area contributed by atoms with Gasteiger partial charge < -0.3 is 10.4 Å². The molecule has 9 nitrogen and oxygen atoms in total. The summed E-state index contributed by atoms with van der Waals surface area (Å²) in [5.74, 6) is 9.50. The largest absolute Gasteiger partial charge is 0.391 e. The second-order valence-corrected chi connectivity index (χ2v) is 8.45. The van der Waals surface area contributed by atoms with Crippen molar-refractivity contribution in [3.8, 4) is 23.7 Å². The molecule has 5 N–H and O–H groups in total. The van der Waals surface area contributed by atoms with Crippen LogP contribution in [0.25, 0.3) is 0 Å². The minimum absolute atomic E-state index is 0.237. The van der Waals surface area contributed by atoms with Crippen molar-refractivity contribution in [1.29, 1.82) is 0 Å². The van der Waals surface area contributed by atoms with Crippen LogP contribution in [0.1, 0.15) is 28.4 Å². The lowest BCUT2D eigenvalue weighted by molar-refractivity contribution is -0.133. The molecule has 0 bridgehead atoms. The van der Waals surface area contributed by atoms with Crippen molar-refractivity contribution in [2.24, 2.45) is 0 Å². The highest BCUT2D eigenvalue weighted by Gasteiger charge is 2.25. The molecular weight excluding hydrogens is 434 g/mol. The Hall–Kier alpha value is -3.83. The summed E-state index contributed by atoms with van der Waals surface area (Å²) in [5, 5.41) is 20.6. The lowest BCUT2D eigenvalue weighted by Gasteiger charge is -2.19. The van der Waals surface area contributed by atoms with E-state index in [0.29, 0.717) is 16.8 Å². The summed E-state index contributed by atoms with van der Waals surface area (Å²) in [6.07, 6.45) is -0.140. The van der Waals surface area contributed by atoms with Gasteiger partial charge in [-0.1, -0.05) is 11.8 Å². The first-order valence-electron chi connectivity index (χ1n) is 9.22. The zero-order valence-electron chi connectivity index (χ0n) is 17.2. The number of carbonyl (C=O) groups is 2. The number of benzene rings is 2. The Balaban J connectivity index is 2.01. The van der Waals surface area contributed by atoms with E-state index in [-0.39, 0.29) is 5.56 Å². The van der Waals surface area contributed by atoms with E-state index in [0.717, 1.165) is 6.26 Å². The number of nitrogens with one attached hydrogen (secondary N) is 3. The van der Waals surface area contributed by atoms with Crippen LogP contribution in [-0.2, 0) is 14.8 Å². The maximum atomic E-state index is 12.2. The number of amides is 2. The summed E-state index contributed by atoms with van der Waals surface area (Å²) in [5.41, 5.74) is 3.32. The molecule has 0 radical (unpaired) electrons. The van der Waals surface area contributed by atoms with E-state index in [2.05, 4.69) is 33.7 Å². The number of hydrogen-bond donors (Lipinski definition) is 5. The third-order valence-corrected chi connectivity index (χ3v) is 4.58. The molecule has 2 unspecified atom stereocenters. The fourth-order valence-corrected chi connectivity index (χ4v) is 3.01. The molecule has 10 heteroatoms. The van der Waals surface area contributed by atoms with Gasteiger partial charge in [-0.25, -0.2) is 13.9 Å². The maximum absolute atomic E-state index is 12.2. The molecular formula is C22H21N3O6S. The van der Waals surface area contributed by atoms with Crippen molar-refractivity contribution in [2.75, 3.05) is 11.0 Å². The molecule has 0 aliphatic rings. The molecule has 0 aromatic heterocycles. The van der Waals surface area contributed by atoms with Crippen LogP contribution < -0.4 is 15.5 Å². The molecule has 0 heterocycles. The van der Waals surface area contributed by atoms with Crippen LogP contribution in [0.2, 0.25) is 0 Å². The van der Waals surface area contributed by atoms with Crippen LogP contribution >= 0.6 is 0 Å². The number of hydroxylamine groups is 1. The van der Waals surface area contributed by atoms with Crippen LogP contribution in [-0.4, -0.2) is 48.9 Å². The molecule has 0 saturated carbocycles. The highest BCUT2D eigenvalue weighted by molar-refractivity contribution is 7.92. The summed E-state index contributed by atoms with van der Waals surface area (Å²) in [6, 6.07) is 11.4. The molecule has 0 aliphatic heterocycles. The summed E-state index contributed by atoms with van der Waals surface area (Å²) in [7, 11) is -3.34. The van der Waals surface area contributed by atoms with Gasteiger partial charge in [0, 0.05) is 22.4 Å². The first kappa shape index (κ1) is 24.4. The van der Waals surface area contributed by atoms with Crippen LogP contribution in [0.3, 0.4) is 0 Å². The Morgan fingerprint density at radius 2 is 1.44 bits per heavy atom. The lowest BCUT2D eigenvalue weighted by Crippen LogP contribution is -2.51. The van der Waals surface area contributed by atoms with Gasteiger partial charge in [-0.15, -0.1) is 0 Å². The molecule has 0 spiro atoms. The Kier molecular flexibility index (Phi) is 8.38. The molecule has 2 rings (SSSR count). The van der Waals surface area contributed by atoms with E-state index in [4.69, 9.17) is 5.21 Å². The van der Waals surface area contributed by atoms with Crippen molar-refractivity contribution in [3.05, 3.63) is 65.2 Å². The fourth-order valence-electron chi connectivity index (χ4n) is 2.45. The Bertz CT molecular complexity index is 1200. The van der Waals surface area contributed by atoms with Crippen LogP contribution in [0.15, 0.2) is 48.5 Å². The van der Waals surface area contributed by atoms with E-state index >= 15 is 0 Å². The highest BCUT2D eigenvalue weighted by atomic mass is 32.2. The number of aliphatic hydroxyl groups is 1. The van der Waals surface area contributed by atoms with Gasteiger partial charge in [0.2, 0.25) is 10.0 Å². The average Bonchev–Trinajstić information content (AvgIpc) is 2.74. The van der Waals surface area contributed by atoms with Gasteiger partial charge in [0.05, 0.1) is 12.4 Å². The lowest BCUT2D eigenvalue weighted by atomic mass is 10.1. The van der Waals surface area contributed by atoms with Gasteiger partial charge >= 0.3 is 0 Å². The monoisotopic (exact) mass is 455 g/mol. The number of anilines is 1. The molecule has 0 aliphatic carbocycles. The second kappa shape index (κ2) is 11.0.